The molecule has 0 spiro atoms. The molecule has 128 valence electrons. The second-order valence-corrected chi connectivity index (χ2v) is 5.63. The second kappa shape index (κ2) is 7.17. The van der Waals surface area contributed by atoms with E-state index in [4.69, 9.17) is 9.47 Å². The summed E-state index contributed by atoms with van der Waals surface area (Å²) in [5, 5.41) is 0.503. The van der Waals surface area contributed by atoms with E-state index >= 15 is 0 Å². The Kier molecular flexibility index (Phi) is 4.79. The molecule has 2 aromatic carbocycles. The Morgan fingerprint density at radius 2 is 1.88 bits per heavy atom. The smallest absolute Gasteiger partial charge is 0.310 e. The highest BCUT2D eigenvalue weighted by atomic mass is 16.5. The molecule has 6 heteroatoms. The Morgan fingerprint density at radius 3 is 2.60 bits per heavy atom. The van der Waals surface area contributed by atoms with E-state index in [-0.39, 0.29) is 12.0 Å². The molecule has 0 saturated carbocycles. The summed E-state index contributed by atoms with van der Waals surface area (Å²) < 4.78 is 10.5. The number of carbonyl (C=O) groups is 1. The van der Waals surface area contributed by atoms with Gasteiger partial charge in [0.1, 0.15) is 5.75 Å². The fourth-order valence-corrected chi connectivity index (χ4v) is 2.50. The number of rotatable bonds is 5. The SMILES string of the molecule is COc1ccc(CC(=O)O[C@H](C)c2nc3ccccc3c(=O)[nH]2)cc1. The van der Waals surface area contributed by atoms with Crippen LogP contribution in [0.25, 0.3) is 10.9 Å². The first-order chi connectivity index (χ1) is 12.1. The Morgan fingerprint density at radius 1 is 1.16 bits per heavy atom. The molecule has 6 nitrogen and oxygen atoms in total. The van der Waals surface area contributed by atoms with Crippen LogP contribution in [0, 0.1) is 0 Å². The highest BCUT2D eigenvalue weighted by Gasteiger charge is 2.16. The van der Waals surface area contributed by atoms with Crippen LogP contribution in [-0.4, -0.2) is 23.0 Å². The number of methoxy groups -OCH3 is 1. The lowest BCUT2D eigenvalue weighted by molar-refractivity contribution is -0.148. The minimum atomic E-state index is -0.650. The summed E-state index contributed by atoms with van der Waals surface area (Å²) in [7, 11) is 1.59. The van der Waals surface area contributed by atoms with Gasteiger partial charge in [0.25, 0.3) is 5.56 Å². The number of fused-ring (bicyclic) bond motifs is 1. The number of para-hydroxylation sites is 1. The number of nitrogens with one attached hydrogen (secondary N) is 1. The molecule has 0 aliphatic rings. The van der Waals surface area contributed by atoms with Gasteiger partial charge in [0.15, 0.2) is 11.9 Å². The van der Waals surface area contributed by atoms with Gasteiger partial charge in [-0.3, -0.25) is 9.59 Å². The number of ether oxygens (including phenoxy) is 2. The van der Waals surface area contributed by atoms with Gasteiger partial charge in [-0.1, -0.05) is 24.3 Å². The molecule has 3 aromatic rings. The van der Waals surface area contributed by atoms with Crippen LogP contribution in [0.3, 0.4) is 0 Å². The maximum atomic E-state index is 12.1. The highest BCUT2D eigenvalue weighted by Crippen LogP contribution is 2.16. The van der Waals surface area contributed by atoms with Crippen LogP contribution in [-0.2, 0) is 16.0 Å². The predicted octanol–water partition coefficient (Wildman–Crippen LogP) is 2.78. The first-order valence-corrected chi connectivity index (χ1v) is 7.88. The van der Waals surface area contributed by atoms with Crippen molar-refractivity contribution >= 4 is 16.9 Å². The van der Waals surface area contributed by atoms with E-state index in [0.717, 1.165) is 11.3 Å². The van der Waals surface area contributed by atoms with Gasteiger partial charge in [-0.2, -0.15) is 0 Å². The zero-order valence-corrected chi connectivity index (χ0v) is 14.0. The van der Waals surface area contributed by atoms with Gasteiger partial charge in [0.2, 0.25) is 0 Å². The number of benzene rings is 2. The van der Waals surface area contributed by atoms with Crippen molar-refractivity contribution in [3.63, 3.8) is 0 Å². The van der Waals surface area contributed by atoms with Gasteiger partial charge in [-0.05, 0) is 36.8 Å². The van der Waals surface area contributed by atoms with Gasteiger partial charge in [-0.25, -0.2) is 4.98 Å². The third-order valence-corrected chi connectivity index (χ3v) is 3.83. The van der Waals surface area contributed by atoms with Crippen molar-refractivity contribution in [2.75, 3.05) is 7.11 Å². The molecule has 25 heavy (non-hydrogen) atoms. The van der Waals surface area contributed by atoms with E-state index in [9.17, 15) is 9.59 Å². The minimum absolute atomic E-state index is 0.131. The van der Waals surface area contributed by atoms with Crippen molar-refractivity contribution in [3.05, 3.63) is 70.3 Å². The minimum Gasteiger partial charge on any atom is -0.497 e. The summed E-state index contributed by atoms with van der Waals surface area (Å²) in [5.74, 6) is 0.656. The van der Waals surface area contributed by atoms with Gasteiger partial charge >= 0.3 is 5.97 Å². The van der Waals surface area contributed by atoms with Crippen molar-refractivity contribution in [1.29, 1.82) is 0 Å². The van der Waals surface area contributed by atoms with Gasteiger partial charge < -0.3 is 14.5 Å². The Bertz CT molecular complexity index is 948. The summed E-state index contributed by atoms with van der Waals surface area (Å²) >= 11 is 0. The van der Waals surface area contributed by atoms with E-state index < -0.39 is 12.1 Å². The first kappa shape index (κ1) is 16.7. The number of carbonyl (C=O) groups excluding carboxylic acids is 1. The molecule has 0 fully saturated rings. The molecule has 0 bridgehead atoms. The fraction of sp³-hybridized carbons (Fsp3) is 0.211. The summed E-state index contributed by atoms with van der Waals surface area (Å²) in [6.45, 7) is 1.68. The molecule has 0 aliphatic carbocycles. The van der Waals surface area contributed by atoms with Crippen LogP contribution < -0.4 is 10.3 Å². The van der Waals surface area contributed by atoms with Crippen molar-refractivity contribution < 1.29 is 14.3 Å². The Hall–Kier alpha value is -3.15. The second-order valence-electron chi connectivity index (χ2n) is 5.63. The third kappa shape index (κ3) is 3.85. The molecular weight excluding hydrogens is 320 g/mol. The molecule has 0 radical (unpaired) electrons. The van der Waals surface area contributed by atoms with Crippen LogP contribution in [0.2, 0.25) is 0 Å². The topological polar surface area (TPSA) is 81.3 Å². The predicted molar refractivity (Wildman–Crippen MR) is 93.6 cm³/mol. The maximum absolute atomic E-state index is 12.1. The Labute approximate surface area is 144 Å². The van der Waals surface area contributed by atoms with Crippen LogP contribution in [0.1, 0.15) is 24.4 Å². The van der Waals surface area contributed by atoms with Crippen molar-refractivity contribution in [1.82, 2.24) is 9.97 Å². The largest absolute Gasteiger partial charge is 0.497 e. The number of H-pyrrole nitrogens is 1. The molecule has 1 aromatic heterocycles. The van der Waals surface area contributed by atoms with E-state index in [1.165, 1.54) is 0 Å². The first-order valence-electron chi connectivity index (χ1n) is 7.88. The van der Waals surface area contributed by atoms with Crippen LogP contribution in [0.4, 0.5) is 0 Å². The van der Waals surface area contributed by atoms with Gasteiger partial charge in [0, 0.05) is 0 Å². The molecule has 0 amide bonds. The number of esters is 1. The van der Waals surface area contributed by atoms with Crippen LogP contribution >= 0.6 is 0 Å². The molecule has 3 rings (SSSR count). The molecule has 0 saturated heterocycles. The standard InChI is InChI=1S/C19H18N2O4/c1-12(18-20-16-6-4-3-5-15(16)19(23)21-18)25-17(22)11-13-7-9-14(24-2)10-8-13/h3-10,12H,11H2,1-2H3,(H,20,21,23)/t12-/m1/s1. The van der Waals surface area contributed by atoms with Crippen LogP contribution in [0.15, 0.2) is 53.3 Å². The Balaban J connectivity index is 1.71. The number of hydrogen-bond acceptors (Lipinski definition) is 5. The quantitative estimate of drug-likeness (QED) is 0.724. The van der Waals surface area contributed by atoms with Crippen molar-refractivity contribution in [3.8, 4) is 5.75 Å². The average Bonchev–Trinajstić information content (AvgIpc) is 2.62. The lowest BCUT2D eigenvalue weighted by Crippen LogP contribution is -2.18. The highest BCUT2D eigenvalue weighted by molar-refractivity contribution is 5.77. The summed E-state index contributed by atoms with van der Waals surface area (Å²) in [4.78, 5) is 31.3. The normalized spacial score (nSPS) is 11.9. The lowest BCUT2D eigenvalue weighted by Gasteiger charge is -2.13. The lowest BCUT2D eigenvalue weighted by atomic mass is 10.1. The van der Waals surface area contributed by atoms with Gasteiger partial charge in [0.05, 0.1) is 24.4 Å². The maximum Gasteiger partial charge on any atom is 0.310 e. The van der Waals surface area contributed by atoms with Crippen molar-refractivity contribution in [2.45, 2.75) is 19.4 Å². The molecular formula is C19H18N2O4. The zero-order valence-electron chi connectivity index (χ0n) is 14.0. The molecule has 0 unspecified atom stereocenters. The van der Waals surface area contributed by atoms with E-state index in [2.05, 4.69) is 9.97 Å². The third-order valence-electron chi connectivity index (χ3n) is 3.83. The molecule has 1 heterocycles. The zero-order chi connectivity index (χ0) is 17.8. The van der Waals surface area contributed by atoms with Crippen LogP contribution in [0.5, 0.6) is 5.75 Å². The number of aromatic amines is 1. The number of hydrogen-bond donors (Lipinski definition) is 1. The van der Waals surface area contributed by atoms with E-state index in [1.54, 1.807) is 62.6 Å². The number of nitrogens with zero attached hydrogens (tertiary/aromatic N) is 1. The molecule has 0 aliphatic heterocycles. The van der Waals surface area contributed by atoms with Gasteiger partial charge in [-0.15, -0.1) is 0 Å². The number of aromatic nitrogens is 2. The molecule has 1 N–H and O–H groups in total. The summed E-state index contributed by atoms with van der Waals surface area (Å²) in [6.07, 6.45) is -0.519. The average molecular weight is 338 g/mol. The van der Waals surface area contributed by atoms with E-state index in [1.807, 2.05) is 0 Å². The molecule has 1 atom stereocenters. The fourth-order valence-electron chi connectivity index (χ4n) is 2.50. The summed E-state index contributed by atoms with van der Waals surface area (Å²) in [5.41, 5.74) is 1.14. The van der Waals surface area contributed by atoms with E-state index in [0.29, 0.717) is 16.7 Å². The van der Waals surface area contributed by atoms with Crippen molar-refractivity contribution in [2.24, 2.45) is 0 Å². The summed E-state index contributed by atoms with van der Waals surface area (Å²) in [6, 6.07) is 14.2. The monoisotopic (exact) mass is 338 g/mol.